The largest absolute Gasteiger partial charge is 0.481 e. The van der Waals surface area contributed by atoms with Gasteiger partial charge in [-0.1, -0.05) is 26.0 Å². The number of likely N-dealkylation sites (tertiary alicyclic amines) is 1. The Kier molecular flexibility index (Phi) is 4.99. The van der Waals surface area contributed by atoms with Crippen molar-refractivity contribution < 1.29 is 14.7 Å². The molecule has 0 aromatic heterocycles. The topological polar surface area (TPSA) is 57.6 Å². The number of rotatable bonds is 4. The minimum absolute atomic E-state index is 0.0547. The van der Waals surface area contributed by atoms with E-state index in [2.05, 4.69) is 13.8 Å². The van der Waals surface area contributed by atoms with Gasteiger partial charge >= 0.3 is 5.97 Å². The molecule has 1 N–H and O–H groups in total. The van der Waals surface area contributed by atoms with Crippen molar-refractivity contribution >= 4 is 11.9 Å². The molecule has 1 aliphatic heterocycles. The van der Waals surface area contributed by atoms with Crippen molar-refractivity contribution in [3.63, 3.8) is 0 Å². The number of carbonyl (C=O) groups is 2. The van der Waals surface area contributed by atoms with E-state index < -0.39 is 5.97 Å². The molecule has 21 heavy (non-hydrogen) atoms. The first-order valence-corrected chi connectivity index (χ1v) is 7.58. The molecule has 1 aromatic carbocycles. The van der Waals surface area contributed by atoms with Gasteiger partial charge in [0.05, 0.1) is 0 Å². The highest BCUT2D eigenvalue weighted by Crippen LogP contribution is 2.22. The first-order chi connectivity index (χ1) is 9.97. The van der Waals surface area contributed by atoms with Crippen molar-refractivity contribution in [1.82, 2.24) is 4.90 Å². The molecule has 1 aromatic rings. The average molecular weight is 289 g/mol. The van der Waals surface area contributed by atoms with E-state index in [0.29, 0.717) is 19.0 Å². The Labute approximate surface area is 125 Å². The zero-order valence-electron chi connectivity index (χ0n) is 12.7. The lowest BCUT2D eigenvalue weighted by Gasteiger charge is -2.31. The molecule has 1 amide bonds. The Morgan fingerprint density at radius 3 is 2.24 bits per heavy atom. The second-order valence-corrected chi connectivity index (χ2v) is 6.11. The van der Waals surface area contributed by atoms with Crippen molar-refractivity contribution in [1.29, 1.82) is 0 Å². The van der Waals surface area contributed by atoms with Gasteiger partial charge in [-0.3, -0.25) is 9.59 Å². The van der Waals surface area contributed by atoms with E-state index in [0.717, 1.165) is 18.4 Å². The third kappa shape index (κ3) is 4.06. The van der Waals surface area contributed by atoms with Crippen LogP contribution >= 0.6 is 0 Å². The number of carbonyl (C=O) groups excluding carboxylic acids is 1. The van der Waals surface area contributed by atoms with Gasteiger partial charge in [0.15, 0.2) is 0 Å². The third-order valence-corrected chi connectivity index (χ3v) is 4.19. The molecule has 0 unspecified atom stereocenters. The summed E-state index contributed by atoms with van der Waals surface area (Å²) in [6.07, 6.45) is 1.77. The van der Waals surface area contributed by atoms with E-state index >= 15 is 0 Å². The highest BCUT2D eigenvalue weighted by atomic mass is 16.4. The zero-order chi connectivity index (χ0) is 15.4. The predicted molar refractivity (Wildman–Crippen MR) is 81.4 cm³/mol. The van der Waals surface area contributed by atoms with Gasteiger partial charge in [0.25, 0.3) is 5.91 Å². The van der Waals surface area contributed by atoms with Crippen molar-refractivity contribution in [2.24, 2.45) is 5.92 Å². The van der Waals surface area contributed by atoms with Crippen LogP contribution in [0.25, 0.3) is 0 Å². The molecule has 0 saturated carbocycles. The van der Waals surface area contributed by atoms with Crippen molar-refractivity contribution in [2.45, 2.75) is 39.0 Å². The molecule has 0 spiro atoms. The second-order valence-electron chi connectivity index (χ2n) is 6.11. The number of amides is 1. The van der Waals surface area contributed by atoms with E-state index in [-0.39, 0.29) is 18.2 Å². The lowest BCUT2D eigenvalue weighted by atomic mass is 9.93. The molecule has 0 atom stereocenters. The van der Waals surface area contributed by atoms with Gasteiger partial charge in [0.2, 0.25) is 0 Å². The summed E-state index contributed by atoms with van der Waals surface area (Å²) in [5, 5.41) is 8.81. The maximum atomic E-state index is 12.4. The SMILES string of the molecule is CC(C)c1ccc(C(=O)N2CCC(CC(=O)O)CC2)cc1. The number of aliphatic carboxylic acids is 1. The van der Waals surface area contributed by atoms with Crippen molar-refractivity contribution in [2.75, 3.05) is 13.1 Å². The van der Waals surface area contributed by atoms with Crippen LogP contribution in [0.1, 0.15) is 54.9 Å². The summed E-state index contributed by atoms with van der Waals surface area (Å²) in [5.41, 5.74) is 1.95. The smallest absolute Gasteiger partial charge is 0.303 e. The molecule has 0 bridgehead atoms. The molecule has 2 rings (SSSR count). The summed E-state index contributed by atoms with van der Waals surface area (Å²) in [6.45, 7) is 5.57. The third-order valence-electron chi connectivity index (χ3n) is 4.19. The van der Waals surface area contributed by atoms with Gasteiger partial charge in [-0.2, -0.15) is 0 Å². The van der Waals surface area contributed by atoms with Crippen LogP contribution in [0.2, 0.25) is 0 Å². The maximum absolute atomic E-state index is 12.4. The number of hydrogen-bond acceptors (Lipinski definition) is 2. The molecule has 4 nitrogen and oxygen atoms in total. The van der Waals surface area contributed by atoms with E-state index in [4.69, 9.17) is 5.11 Å². The van der Waals surface area contributed by atoms with Crippen LogP contribution in [0.5, 0.6) is 0 Å². The second kappa shape index (κ2) is 6.74. The number of carboxylic acid groups (broad SMARTS) is 1. The van der Waals surface area contributed by atoms with E-state index in [1.54, 1.807) is 0 Å². The standard InChI is InChI=1S/C17H23NO3/c1-12(2)14-3-5-15(6-4-14)17(21)18-9-7-13(8-10-18)11-16(19)20/h3-6,12-13H,7-11H2,1-2H3,(H,19,20). The average Bonchev–Trinajstić information content (AvgIpc) is 2.47. The van der Waals surface area contributed by atoms with E-state index in [1.807, 2.05) is 29.2 Å². The molecule has 1 aliphatic rings. The van der Waals surface area contributed by atoms with Crippen LogP contribution in [0.3, 0.4) is 0 Å². The predicted octanol–water partition coefficient (Wildman–Crippen LogP) is 3.14. The van der Waals surface area contributed by atoms with Crippen molar-refractivity contribution in [3.05, 3.63) is 35.4 Å². The lowest BCUT2D eigenvalue weighted by Crippen LogP contribution is -2.38. The van der Waals surface area contributed by atoms with Crippen LogP contribution < -0.4 is 0 Å². The fraction of sp³-hybridized carbons (Fsp3) is 0.529. The number of carboxylic acids is 1. The van der Waals surface area contributed by atoms with Gasteiger partial charge in [0, 0.05) is 25.1 Å². The first-order valence-electron chi connectivity index (χ1n) is 7.58. The highest BCUT2D eigenvalue weighted by Gasteiger charge is 2.24. The fourth-order valence-electron chi connectivity index (χ4n) is 2.78. The lowest BCUT2D eigenvalue weighted by molar-refractivity contribution is -0.138. The van der Waals surface area contributed by atoms with Gasteiger partial charge in [-0.15, -0.1) is 0 Å². The monoisotopic (exact) mass is 289 g/mol. The number of nitrogens with zero attached hydrogens (tertiary/aromatic N) is 1. The molecule has 114 valence electrons. The minimum atomic E-state index is -0.746. The molecule has 0 radical (unpaired) electrons. The van der Waals surface area contributed by atoms with Crippen LogP contribution in [0, 0.1) is 5.92 Å². The first kappa shape index (κ1) is 15.5. The Morgan fingerprint density at radius 2 is 1.76 bits per heavy atom. The molecular formula is C17H23NO3. The molecule has 1 heterocycles. The van der Waals surface area contributed by atoms with Crippen LogP contribution in [-0.4, -0.2) is 35.0 Å². The minimum Gasteiger partial charge on any atom is -0.481 e. The van der Waals surface area contributed by atoms with Crippen LogP contribution in [0.15, 0.2) is 24.3 Å². The summed E-state index contributed by atoms with van der Waals surface area (Å²) >= 11 is 0. The summed E-state index contributed by atoms with van der Waals surface area (Å²) in [7, 11) is 0. The summed E-state index contributed by atoms with van der Waals surface area (Å²) in [4.78, 5) is 25.0. The van der Waals surface area contributed by atoms with Crippen LogP contribution in [0.4, 0.5) is 0 Å². The van der Waals surface area contributed by atoms with Crippen molar-refractivity contribution in [3.8, 4) is 0 Å². The Balaban J connectivity index is 1.94. The summed E-state index contributed by atoms with van der Waals surface area (Å²) < 4.78 is 0. The molecule has 1 saturated heterocycles. The molecule has 4 heteroatoms. The molecule has 0 aliphatic carbocycles. The molecule has 1 fully saturated rings. The van der Waals surface area contributed by atoms with Gasteiger partial charge in [-0.05, 0) is 42.4 Å². The normalized spacial score (nSPS) is 16.2. The summed E-state index contributed by atoms with van der Waals surface area (Å²) in [5.74, 6) is -0.0288. The zero-order valence-corrected chi connectivity index (χ0v) is 12.7. The number of benzene rings is 1. The van der Waals surface area contributed by atoms with E-state index in [9.17, 15) is 9.59 Å². The van der Waals surface area contributed by atoms with Gasteiger partial charge in [-0.25, -0.2) is 0 Å². The fourth-order valence-corrected chi connectivity index (χ4v) is 2.78. The number of piperidine rings is 1. The molecular weight excluding hydrogens is 266 g/mol. The van der Waals surface area contributed by atoms with Gasteiger partial charge < -0.3 is 10.0 Å². The van der Waals surface area contributed by atoms with E-state index in [1.165, 1.54) is 5.56 Å². The van der Waals surface area contributed by atoms with Gasteiger partial charge in [0.1, 0.15) is 0 Å². The summed E-state index contributed by atoms with van der Waals surface area (Å²) in [6, 6.07) is 7.80. The Morgan fingerprint density at radius 1 is 1.19 bits per heavy atom. The Hall–Kier alpha value is -1.84. The van der Waals surface area contributed by atoms with Crippen LogP contribution in [-0.2, 0) is 4.79 Å². The maximum Gasteiger partial charge on any atom is 0.303 e. The Bertz CT molecular complexity index is 499. The number of hydrogen-bond donors (Lipinski definition) is 1. The quantitative estimate of drug-likeness (QED) is 0.926. The highest BCUT2D eigenvalue weighted by molar-refractivity contribution is 5.94.